The van der Waals surface area contributed by atoms with E-state index in [0.717, 1.165) is 25.7 Å². The molecular weight excluding hydrogens is 302 g/mol. The zero-order valence-corrected chi connectivity index (χ0v) is 14.3. The second-order valence-corrected chi connectivity index (χ2v) is 8.64. The van der Waals surface area contributed by atoms with Crippen LogP contribution in [0, 0.1) is 0 Å². The molecular formula is C12H28O6P2. The zero-order valence-electron chi connectivity index (χ0n) is 12.5. The maximum absolute atomic E-state index is 11.4. The predicted molar refractivity (Wildman–Crippen MR) is 80.3 cm³/mol. The van der Waals surface area contributed by atoms with Gasteiger partial charge in [-0.25, -0.2) is 0 Å². The van der Waals surface area contributed by atoms with Gasteiger partial charge in [-0.2, -0.15) is 0 Å². The molecule has 8 heteroatoms. The van der Waals surface area contributed by atoms with Crippen molar-refractivity contribution < 1.29 is 28.0 Å². The van der Waals surface area contributed by atoms with E-state index in [-0.39, 0.29) is 25.5 Å². The fourth-order valence-corrected chi connectivity index (χ4v) is 4.17. The van der Waals surface area contributed by atoms with Gasteiger partial charge in [0.05, 0.1) is 13.2 Å². The van der Waals surface area contributed by atoms with E-state index in [1.54, 1.807) is 13.8 Å². The van der Waals surface area contributed by atoms with Gasteiger partial charge in [-0.1, -0.05) is 25.7 Å². The van der Waals surface area contributed by atoms with Crippen LogP contribution in [0.3, 0.4) is 0 Å². The second-order valence-electron chi connectivity index (χ2n) is 4.68. The zero-order chi connectivity index (χ0) is 15.5. The first-order chi connectivity index (χ1) is 9.33. The van der Waals surface area contributed by atoms with Gasteiger partial charge in [-0.15, -0.1) is 0 Å². The van der Waals surface area contributed by atoms with Crippen molar-refractivity contribution in [1.29, 1.82) is 0 Å². The van der Waals surface area contributed by atoms with E-state index < -0.39 is 15.2 Å². The van der Waals surface area contributed by atoms with Crippen LogP contribution in [-0.4, -0.2) is 35.3 Å². The molecule has 0 aromatic rings. The Balaban J connectivity index is 3.46. The van der Waals surface area contributed by atoms with E-state index in [1.165, 1.54) is 0 Å². The second kappa shape index (κ2) is 10.9. The van der Waals surface area contributed by atoms with Crippen molar-refractivity contribution in [3.05, 3.63) is 0 Å². The molecule has 0 rings (SSSR count). The molecule has 0 spiro atoms. The van der Waals surface area contributed by atoms with E-state index in [4.69, 9.17) is 9.05 Å². The highest BCUT2D eigenvalue weighted by Crippen LogP contribution is 2.43. The van der Waals surface area contributed by atoms with Gasteiger partial charge in [-0.3, -0.25) is 9.13 Å². The van der Waals surface area contributed by atoms with Crippen molar-refractivity contribution in [3.63, 3.8) is 0 Å². The average molecular weight is 330 g/mol. The molecule has 2 N–H and O–H groups in total. The molecule has 0 radical (unpaired) electrons. The van der Waals surface area contributed by atoms with Crippen LogP contribution in [0.25, 0.3) is 0 Å². The Hall–Kier alpha value is 0.300. The maximum Gasteiger partial charge on any atom is 0.328 e. The molecule has 0 aromatic carbocycles. The van der Waals surface area contributed by atoms with Gasteiger partial charge >= 0.3 is 15.2 Å². The van der Waals surface area contributed by atoms with Gasteiger partial charge < -0.3 is 18.8 Å². The molecule has 122 valence electrons. The fraction of sp³-hybridized carbons (Fsp3) is 1.00. The van der Waals surface area contributed by atoms with Crippen molar-refractivity contribution in [3.8, 4) is 0 Å². The van der Waals surface area contributed by atoms with Crippen LogP contribution in [-0.2, 0) is 18.2 Å². The molecule has 0 aliphatic rings. The van der Waals surface area contributed by atoms with E-state index >= 15 is 0 Å². The smallest absolute Gasteiger partial charge is 0.324 e. The van der Waals surface area contributed by atoms with Crippen molar-refractivity contribution in [2.75, 3.05) is 25.5 Å². The van der Waals surface area contributed by atoms with Gasteiger partial charge in [0.25, 0.3) is 0 Å². The monoisotopic (exact) mass is 330 g/mol. The summed E-state index contributed by atoms with van der Waals surface area (Å²) >= 11 is 0. The minimum absolute atomic E-state index is 0.205. The summed E-state index contributed by atoms with van der Waals surface area (Å²) in [6.45, 7) is 3.92. The van der Waals surface area contributed by atoms with Gasteiger partial charge in [-0.05, 0) is 26.7 Å². The Morgan fingerprint density at radius 1 is 0.700 bits per heavy atom. The minimum atomic E-state index is -3.37. The van der Waals surface area contributed by atoms with Gasteiger partial charge in [0.15, 0.2) is 0 Å². The molecule has 0 aliphatic heterocycles. The molecule has 2 atom stereocenters. The third-order valence-electron chi connectivity index (χ3n) is 2.79. The van der Waals surface area contributed by atoms with E-state index in [0.29, 0.717) is 12.8 Å². The van der Waals surface area contributed by atoms with Crippen LogP contribution < -0.4 is 0 Å². The first-order valence-corrected chi connectivity index (χ1v) is 10.8. The van der Waals surface area contributed by atoms with Gasteiger partial charge in [0.1, 0.15) is 0 Å². The molecule has 0 saturated carbocycles. The van der Waals surface area contributed by atoms with Crippen LogP contribution in [0.1, 0.15) is 52.4 Å². The first kappa shape index (κ1) is 20.3. The minimum Gasteiger partial charge on any atom is -0.324 e. The summed E-state index contributed by atoms with van der Waals surface area (Å²) in [6, 6.07) is 0. The molecule has 0 aromatic heterocycles. The summed E-state index contributed by atoms with van der Waals surface area (Å²) in [5.74, 6) is 0. The summed E-state index contributed by atoms with van der Waals surface area (Å²) < 4.78 is 32.3. The maximum atomic E-state index is 11.4. The third-order valence-corrected chi connectivity index (χ3v) is 5.88. The van der Waals surface area contributed by atoms with Crippen LogP contribution >= 0.6 is 15.2 Å². The molecule has 0 saturated heterocycles. The normalized spacial score (nSPS) is 17.6. The number of rotatable bonds is 13. The predicted octanol–water partition coefficient (Wildman–Crippen LogP) is 3.77. The van der Waals surface area contributed by atoms with E-state index in [9.17, 15) is 18.9 Å². The van der Waals surface area contributed by atoms with Crippen LogP contribution in [0.15, 0.2) is 0 Å². The quantitative estimate of drug-likeness (QED) is 0.394. The lowest BCUT2D eigenvalue weighted by atomic mass is 10.1. The Kier molecular flexibility index (Phi) is 11.1. The number of hydrogen-bond acceptors (Lipinski definition) is 4. The first-order valence-electron chi connectivity index (χ1n) is 7.25. The van der Waals surface area contributed by atoms with Crippen LogP contribution in [0.4, 0.5) is 0 Å². The molecule has 6 nitrogen and oxygen atoms in total. The molecule has 0 amide bonds. The highest BCUT2D eigenvalue weighted by atomic mass is 31.2. The molecule has 2 unspecified atom stereocenters. The highest BCUT2D eigenvalue weighted by molar-refractivity contribution is 7.53. The number of unbranched alkanes of at least 4 members (excludes halogenated alkanes) is 5. The Labute approximate surface area is 121 Å². The van der Waals surface area contributed by atoms with Crippen molar-refractivity contribution in [2.45, 2.75) is 52.4 Å². The largest absolute Gasteiger partial charge is 0.328 e. The third kappa shape index (κ3) is 12.1. The summed E-state index contributed by atoms with van der Waals surface area (Å²) in [5.41, 5.74) is 0. The van der Waals surface area contributed by atoms with E-state index in [1.807, 2.05) is 0 Å². The molecule has 0 bridgehead atoms. The summed E-state index contributed by atoms with van der Waals surface area (Å²) in [7, 11) is -6.74. The molecule has 0 fully saturated rings. The van der Waals surface area contributed by atoms with Crippen molar-refractivity contribution >= 4 is 15.2 Å². The summed E-state index contributed by atoms with van der Waals surface area (Å²) in [4.78, 5) is 18.7. The topological polar surface area (TPSA) is 93.1 Å². The average Bonchev–Trinajstić information content (AvgIpc) is 2.32. The van der Waals surface area contributed by atoms with Crippen molar-refractivity contribution in [2.24, 2.45) is 0 Å². The van der Waals surface area contributed by atoms with Gasteiger partial charge in [0.2, 0.25) is 0 Å². The van der Waals surface area contributed by atoms with Crippen LogP contribution in [0.5, 0.6) is 0 Å². The molecule has 0 heterocycles. The number of hydrogen-bond donors (Lipinski definition) is 2. The molecule has 0 aliphatic carbocycles. The Morgan fingerprint density at radius 2 is 1.00 bits per heavy atom. The summed E-state index contributed by atoms with van der Waals surface area (Å²) in [5, 5.41) is 0. The summed E-state index contributed by atoms with van der Waals surface area (Å²) in [6.07, 6.45) is 5.41. The van der Waals surface area contributed by atoms with Gasteiger partial charge in [0, 0.05) is 12.3 Å². The Bertz CT molecular complexity index is 302. The van der Waals surface area contributed by atoms with E-state index in [2.05, 4.69) is 0 Å². The van der Waals surface area contributed by atoms with Crippen LogP contribution in [0.2, 0.25) is 0 Å². The SMILES string of the molecule is CCOP(=O)(O)CCCCCCCCP(=O)(O)OCC. The molecule has 20 heavy (non-hydrogen) atoms. The standard InChI is InChI=1S/C12H28O6P2/c1-3-17-19(13,14)11-9-7-5-6-8-10-12-20(15,16)18-4-2/h3-12H2,1-2H3,(H,13,14)(H,15,16). The lowest BCUT2D eigenvalue weighted by molar-refractivity contribution is 0.271. The lowest BCUT2D eigenvalue weighted by Crippen LogP contribution is -1.96. The van der Waals surface area contributed by atoms with Crippen molar-refractivity contribution in [1.82, 2.24) is 0 Å². The Morgan fingerprint density at radius 3 is 1.30 bits per heavy atom. The fourth-order valence-electron chi connectivity index (χ4n) is 1.86. The highest BCUT2D eigenvalue weighted by Gasteiger charge is 2.18. The lowest BCUT2D eigenvalue weighted by Gasteiger charge is -2.11.